The average molecular weight is 401 g/mol. The van der Waals surface area contributed by atoms with Gasteiger partial charge in [0.2, 0.25) is 0 Å². The Morgan fingerprint density at radius 3 is 2.55 bits per heavy atom. The van der Waals surface area contributed by atoms with Gasteiger partial charge < -0.3 is 16.0 Å². The highest BCUT2D eigenvalue weighted by molar-refractivity contribution is 7.13. The van der Waals surface area contributed by atoms with Crippen LogP contribution in [0.25, 0.3) is 0 Å². The summed E-state index contributed by atoms with van der Waals surface area (Å²) in [5.74, 6) is -0.196. The predicted octanol–water partition coefficient (Wildman–Crippen LogP) is 4.71. The summed E-state index contributed by atoms with van der Waals surface area (Å²) in [4.78, 5) is 23.3. The minimum Gasteiger partial charge on any atom is -0.397 e. The van der Waals surface area contributed by atoms with Gasteiger partial charge in [-0.25, -0.2) is 4.98 Å². The van der Waals surface area contributed by atoms with Crippen LogP contribution in [-0.4, -0.2) is 15.9 Å². The van der Waals surface area contributed by atoms with E-state index in [-0.39, 0.29) is 5.91 Å². The third kappa shape index (κ3) is 4.41. The maximum absolute atomic E-state index is 12.5. The largest absolute Gasteiger partial charge is 0.397 e. The molecule has 0 saturated carbocycles. The van der Waals surface area contributed by atoms with Crippen LogP contribution in [0, 0.1) is 0 Å². The summed E-state index contributed by atoms with van der Waals surface area (Å²) >= 11 is 1.57. The van der Waals surface area contributed by atoms with Gasteiger partial charge in [-0.1, -0.05) is 24.3 Å². The van der Waals surface area contributed by atoms with E-state index in [1.807, 2.05) is 60.1 Å². The molecule has 0 unspecified atom stereocenters. The van der Waals surface area contributed by atoms with Crippen LogP contribution in [0.5, 0.6) is 0 Å². The molecular formula is C22H19N5OS. The number of hydrogen-bond acceptors (Lipinski definition) is 6. The lowest BCUT2D eigenvalue weighted by atomic mass is 10.1. The fourth-order valence-electron chi connectivity index (χ4n) is 2.88. The third-order valence-electron chi connectivity index (χ3n) is 4.37. The topological polar surface area (TPSA) is 84.1 Å². The highest BCUT2D eigenvalue weighted by atomic mass is 32.1. The second kappa shape index (κ2) is 8.53. The lowest BCUT2D eigenvalue weighted by molar-refractivity contribution is 0.102. The van der Waals surface area contributed by atoms with E-state index in [4.69, 9.17) is 5.73 Å². The molecule has 0 aliphatic rings. The van der Waals surface area contributed by atoms with E-state index in [0.29, 0.717) is 23.5 Å². The Bertz CT molecular complexity index is 1080. The number of para-hydroxylation sites is 2. The number of rotatable bonds is 6. The van der Waals surface area contributed by atoms with Gasteiger partial charge in [0.05, 0.1) is 29.8 Å². The van der Waals surface area contributed by atoms with Crippen molar-refractivity contribution in [3.8, 4) is 0 Å². The molecule has 2 aromatic carbocycles. The molecule has 0 spiro atoms. The highest BCUT2D eigenvalue weighted by Crippen LogP contribution is 2.28. The Morgan fingerprint density at radius 2 is 1.86 bits per heavy atom. The van der Waals surface area contributed by atoms with Gasteiger partial charge in [-0.2, -0.15) is 0 Å². The maximum Gasteiger partial charge on any atom is 0.255 e. The number of amides is 1. The second-order valence-electron chi connectivity index (χ2n) is 6.35. The number of thiazole rings is 1. The molecule has 29 heavy (non-hydrogen) atoms. The van der Waals surface area contributed by atoms with E-state index in [1.54, 1.807) is 35.9 Å². The van der Waals surface area contributed by atoms with Crippen molar-refractivity contribution in [3.05, 3.63) is 95.8 Å². The molecule has 3 N–H and O–H groups in total. The molecule has 2 aromatic heterocycles. The van der Waals surface area contributed by atoms with Crippen LogP contribution in [0.15, 0.2) is 84.6 Å². The Labute approximate surface area is 172 Å². The number of benzene rings is 2. The molecular weight excluding hydrogens is 382 g/mol. The molecule has 0 bridgehead atoms. The zero-order chi connectivity index (χ0) is 20.1. The van der Waals surface area contributed by atoms with Crippen molar-refractivity contribution in [2.75, 3.05) is 16.0 Å². The van der Waals surface area contributed by atoms with Crippen molar-refractivity contribution < 1.29 is 4.79 Å². The summed E-state index contributed by atoms with van der Waals surface area (Å²) in [6.45, 7) is 0.618. The van der Waals surface area contributed by atoms with Gasteiger partial charge in [-0.05, 0) is 42.0 Å². The number of carbonyl (C=O) groups excluding carboxylic acids is 1. The predicted molar refractivity (Wildman–Crippen MR) is 117 cm³/mol. The quantitative estimate of drug-likeness (QED) is 0.457. The Kier molecular flexibility index (Phi) is 5.49. The minimum absolute atomic E-state index is 0.196. The molecule has 144 valence electrons. The number of carbonyl (C=O) groups is 1. The zero-order valence-electron chi connectivity index (χ0n) is 15.5. The van der Waals surface area contributed by atoms with Crippen LogP contribution in [0.3, 0.4) is 0 Å². The summed E-state index contributed by atoms with van der Waals surface area (Å²) in [6.07, 6.45) is 5.34. The molecule has 7 heteroatoms. The SMILES string of the molecule is Nc1ccccc1NC(=O)c1ccc(CN(c2cccnc2)c2nccs2)cc1. The first-order valence-electron chi connectivity index (χ1n) is 9.02. The first-order valence-corrected chi connectivity index (χ1v) is 9.90. The summed E-state index contributed by atoms with van der Waals surface area (Å²) in [5, 5.41) is 5.68. The van der Waals surface area contributed by atoms with Crippen LogP contribution in [0.1, 0.15) is 15.9 Å². The molecule has 1 amide bonds. The van der Waals surface area contributed by atoms with Gasteiger partial charge in [0.15, 0.2) is 5.13 Å². The van der Waals surface area contributed by atoms with Crippen LogP contribution < -0.4 is 16.0 Å². The number of aromatic nitrogens is 2. The molecule has 0 atom stereocenters. The number of pyridine rings is 1. The molecule has 0 aliphatic heterocycles. The van der Waals surface area contributed by atoms with Gasteiger partial charge >= 0.3 is 0 Å². The van der Waals surface area contributed by atoms with Gasteiger partial charge in [0.25, 0.3) is 5.91 Å². The number of nitrogens with two attached hydrogens (primary N) is 1. The van der Waals surface area contributed by atoms with Crippen molar-refractivity contribution in [2.45, 2.75) is 6.54 Å². The number of hydrogen-bond donors (Lipinski definition) is 2. The Hall–Kier alpha value is -3.71. The zero-order valence-corrected chi connectivity index (χ0v) is 16.3. The second-order valence-corrected chi connectivity index (χ2v) is 7.22. The molecule has 4 rings (SSSR count). The summed E-state index contributed by atoms with van der Waals surface area (Å²) < 4.78 is 0. The first-order chi connectivity index (χ1) is 14.2. The van der Waals surface area contributed by atoms with Gasteiger partial charge in [0.1, 0.15) is 0 Å². The van der Waals surface area contributed by atoms with Crippen LogP contribution in [0.4, 0.5) is 22.2 Å². The smallest absolute Gasteiger partial charge is 0.255 e. The Morgan fingerprint density at radius 1 is 1.03 bits per heavy atom. The van der Waals surface area contributed by atoms with Crippen molar-refractivity contribution in [1.29, 1.82) is 0 Å². The van der Waals surface area contributed by atoms with Crippen LogP contribution in [-0.2, 0) is 6.54 Å². The molecule has 0 radical (unpaired) electrons. The first kappa shape index (κ1) is 18.6. The van der Waals surface area contributed by atoms with E-state index >= 15 is 0 Å². The van der Waals surface area contributed by atoms with Gasteiger partial charge in [-0.3, -0.25) is 9.78 Å². The van der Waals surface area contributed by atoms with Gasteiger partial charge in [-0.15, -0.1) is 11.3 Å². The van der Waals surface area contributed by atoms with E-state index < -0.39 is 0 Å². The standard InChI is InChI=1S/C22H19N5OS/c23-19-5-1-2-6-20(19)26-21(28)17-9-7-16(8-10-17)15-27(22-25-12-13-29-22)18-4-3-11-24-14-18/h1-14H,15,23H2,(H,26,28). The van der Waals surface area contributed by atoms with E-state index in [0.717, 1.165) is 16.4 Å². The molecule has 0 fully saturated rings. The summed E-state index contributed by atoms with van der Waals surface area (Å²) in [5.41, 5.74) is 9.62. The van der Waals surface area contributed by atoms with Crippen molar-refractivity contribution >= 4 is 39.4 Å². The molecule has 0 aliphatic carbocycles. The average Bonchev–Trinajstić information content (AvgIpc) is 3.29. The molecule has 0 saturated heterocycles. The Balaban J connectivity index is 1.51. The fourth-order valence-corrected chi connectivity index (χ4v) is 3.54. The van der Waals surface area contributed by atoms with Crippen LogP contribution in [0.2, 0.25) is 0 Å². The van der Waals surface area contributed by atoms with Crippen LogP contribution >= 0.6 is 11.3 Å². The number of anilines is 4. The monoisotopic (exact) mass is 401 g/mol. The number of nitrogen functional groups attached to an aromatic ring is 1. The highest BCUT2D eigenvalue weighted by Gasteiger charge is 2.14. The van der Waals surface area contributed by atoms with Crippen molar-refractivity contribution in [2.24, 2.45) is 0 Å². The number of nitrogens with one attached hydrogen (secondary N) is 1. The normalized spacial score (nSPS) is 10.5. The lowest BCUT2D eigenvalue weighted by Gasteiger charge is -2.21. The van der Waals surface area contributed by atoms with E-state index in [2.05, 4.69) is 20.2 Å². The lowest BCUT2D eigenvalue weighted by Crippen LogP contribution is -2.17. The van der Waals surface area contributed by atoms with E-state index in [9.17, 15) is 4.79 Å². The third-order valence-corrected chi connectivity index (χ3v) is 5.17. The maximum atomic E-state index is 12.5. The van der Waals surface area contributed by atoms with E-state index in [1.165, 1.54) is 0 Å². The van der Waals surface area contributed by atoms with Gasteiger partial charge in [0, 0.05) is 23.3 Å². The molecule has 2 heterocycles. The molecule has 4 aromatic rings. The van der Waals surface area contributed by atoms with Crippen molar-refractivity contribution in [1.82, 2.24) is 9.97 Å². The summed E-state index contributed by atoms with van der Waals surface area (Å²) in [7, 11) is 0. The summed E-state index contributed by atoms with van der Waals surface area (Å²) in [6, 6.07) is 18.6. The van der Waals surface area contributed by atoms with Crippen molar-refractivity contribution in [3.63, 3.8) is 0 Å². The number of nitrogens with zero attached hydrogens (tertiary/aromatic N) is 3. The minimum atomic E-state index is -0.196. The fraction of sp³-hybridized carbons (Fsp3) is 0.0455. The molecule has 6 nitrogen and oxygen atoms in total.